The largest absolute Gasteiger partial charge is 0.335 e. The van der Waals surface area contributed by atoms with Crippen LogP contribution in [0.15, 0.2) is 15.7 Å². The summed E-state index contributed by atoms with van der Waals surface area (Å²) in [5.41, 5.74) is 0.452. The molecule has 1 aliphatic heterocycles. The van der Waals surface area contributed by atoms with E-state index in [1.807, 2.05) is 4.90 Å². The van der Waals surface area contributed by atoms with Crippen molar-refractivity contribution in [2.45, 2.75) is 49.3 Å². The summed E-state index contributed by atoms with van der Waals surface area (Å²) in [6.45, 7) is 3.05. The Hall–Kier alpha value is -0.920. The van der Waals surface area contributed by atoms with Crippen LogP contribution >= 0.6 is 11.3 Å². The number of amides is 1. The molecule has 0 spiro atoms. The lowest BCUT2D eigenvalue weighted by molar-refractivity contribution is 0.0218. The molecule has 3 atom stereocenters. The molecule has 2 aliphatic rings. The van der Waals surface area contributed by atoms with Gasteiger partial charge in [-0.15, -0.1) is 11.3 Å². The molecule has 1 aromatic heterocycles. The number of hydrogen-bond donors (Lipinski definition) is 1. The number of likely N-dealkylation sites (tertiary alicyclic amines) is 1. The van der Waals surface area contributed by atoms with Crippen molar-refractivity contribution < 1.29 is 13.2 Å². The molecule has 2 N–H and O–H groups in total. The van der Waals surface area contributed by atoms with Gasteiger partial charge in [-0.3, -0.25) is 4.79 Å². The summed E-state index contributed by atoms with van der Waals surface area (Å²) >= 11 is 1.02. The lowest BCUT2D eigenvalue weighted by atomic mass is 9.72. The van der Waals surface area contributed by atoms with Crippen LogP contribution in [-0.2, 0) is 10.0 Å². The van der Waals surface area contributed by atoms with Gasteiger partial charge in [-0.05, 0) is 37.2 Å². The Kier molecular flexibility index (Phi) is 4.31. The third-order valence-corrected chi connectivity index (χ3v) is 7.49. The van der Waals surface area contributed by atoms with Crippen LogP contribution < -0.4 is 5.14 Å². The van der Waals surface area contributed by atoms with Crippen molar-refractivity contribution in [3.63, 3.8) is 0 Å². The van der Waals surface area contributed by atoms with Crippen LogP contribution in [0.3, 0.4) is 0 Å². The molecule has 1 saturated heterocycles. The van der Waals surface area contributed by atoms with Crippen LogP contribution in [0.2, 0.25) is 0 Å². The predicted octanol–water partition coefficient (Wildman–Crippen LogP) is 2.44. The third kappa shape index (κ3) is 2.94. The highest BCUT2D eigenvalue weighted by molar-refractivity contribution is 7.91. The van der Waals surface area contributed by atoms with E-state index < -0.39 is 10.0 Å². The Labute approximate surface area is 135 Å². The first-order valence-electron chi connectivity index (χ1n) is 7.80. The summed E-state index contributed by atoms with van der Waals surface area (Å²) in [6.07, 6.45) is 5.71. The van der Waals surface area contributed by atoms with Gasteiger partial charge in [0.15, 0.2) is 0 Å². The highest BCUT2D eigenvalue weighted by Crippen LogP contribution is 2.39. The minimum atomic E-state index is -3.73. The molecule has 0 radical (unpaired) electrons. The monoisotopic (exact) mass is 342 g/mol. The molecule has 1 aromatic rings. The first-order chi connectivity index (χ1) is 10.4. The number of fused-ring (bicyclic) bond motifs is 1. The van der Waals surface area contributed by atoms with Crippen LogP contribution in [-0.4, -0.2) is 31.8 Å². The Morgan fingerprint density at radius 2 is 2.05 bits per heavy atom. The Morgan fingerprint density at radius 3 is 2.73 bits per heavy atom. The molecule has 1 saturated carbocycles. The molecule has 7 heteroatoms. The molecule has 3 unspecified atom stereocenters. The number of piperidine rings is 1. The fourth-order valence-electron chi connectivity index (χ4n) is 3.91. The topological polar surface area (TPSA) is 80.5 Å². The van der Waals surface area contributed by atoms with E-state index in [-0.39, 0.29) is 10.1 Å². The fraction of sp³-hybridized carbons (Fsp3) is 0.667. The number of nitrogens with two attached hydrogens (primary N) is 1. The van der Waals surface area contributed by atoms with E-state index in [1.165, 1.54) is 25.3 Å². The van der Waals surface area contributed by atoms with E-state index in [1.54, 1.807) is 5.38 Å². The van der Waals surface area contributed by atoms with Gasteiger partial charge in [0.1, 0.15) is 4.21 Å². The van der Waals surface area contributed by atoms with Gasteiger partial charge in [0.05, 0.1) is 5.56 Å². The normalized spacial score (nSPS) is 29.2. The number of sulfonamides is 1. The van der Waals surface area contributed by atoms with Crippen molar-refractivity contribution in [2.75, 3.05) is 6.54 Å². The van der Waals surface area contributed by atoms with E-state index in [4.69, 9.17) is 5.14 Å². The molecule has 0 bridgehead atoms. The molecule has 22 heavy (non-hydrogen) atoms. The number of hydrogen-bond acceptors (Lipinski definition) is 4. The number of rotatable bonds is 2. The maximum atomic E-state index is 12.8. The van der Waals surface area contributed by atoms with Crippen molar-refractivity contribution in [3.8, 4) is 0 Å². The highest BCUT2D eigenvalue weighted by atomic mass is 32.2. The van der Waals surface area contributed by atoms with Crippen molar-refractivity contribution in [2.24, 2.45) is 17.0 Å². The molecule has 5 nitrogen and oxygen atoms in total. The van der Waals surface area contributed by atoms with Crippen LogP contribution in [0.1, 0.15) is 49.4 Å². The SMILES string of the molecule is CC1CCN(C(=O)c2csc(S(N)(=O)=O)c2)C2CCCCC12. The van der Waals surface area contributed by atoms with E-state index in [0.29, 0.717) is 23.4 Å². The van der Waals surface area contributed by atoms with E-state index in [0.717, 1.165) is 30.7 Å². The minimum Gasteiger partial charge on any atom is -0.335 e. The number of nitrogens with zero attached hydrogens (tertiary/aromatic N) is 1. The van der Waals surface area contributed by atoms with Crippen LogP contribution in [0.5, 0.6) is 0 Å². The number of carbonyl (C=O) groups is 1. The zero-order chi connectivity index (χ0) is 15.9. The lowest BCUT2D eigenvalue weighted by Gasteiger charge is -2.47. The average Bonchev–Trinajstić information content (AvgIpc) is 2.97. The van der Waals surface area contributed by atoms with E-state index in [2.05, 4.69) is 6.92 Å². The maximum Gasteiger partial charge on any atom is 0.255 e. The summed E-state index contributed by atoms with van der Waals surface area (Å²) in [6, 6.07) is 1.72. The van der Waals surface area contributed by atoms with Crippen LogP contribution in [0.4, 0.5) is 0 Å². The molecule has 122 valence electrons. The first kappa shape index (κ1) is 16.0. The summed E-state index contributed by atoms with van der Waals surface area (Å²) in [5.74, 6) is 1.20. The van der Waals surface area contributed by atoms with Crippen LogP contribution in [0.25, 0.3) is 0 Å². The second-order valence-electron chi connectivity index (χ2n) is 6.48. The van der Waals surface area contributed by atoms with E-state index in [9.17, 15) is 13.2 Å². The number of primary sulfonamides is 1. The summed E-state index contributed by atoms with van der Waals surface area (Å²) in [7, 11) is -3.73. The molecular formula is C15H22N2O3S2. The number of thiophene rings is 1. The van der Waals surface area contributed by atoms with Gasteiger partial charge in [-0.2, -0.15) is 0 Å². The summed E-state index contributed by atoms with van der Waals surface area (Å²) in [4.78, 5) is 14.8. The van der Waals surface area contributed by atoms with E-state index >= 15 is 0 Å². The Bertz CT molecular complexity index is 668. The summed E-state index contributed by atoms with van der Waals surface area (Å²) < 4.78 is 22.8. The van der Waals surface area contributed by atoms with Crippen molar-refractivity contribution in [1.82, 2.24) is 4.90 Å². The molecule has 2 fully saturated rings. The first-order valence-corrected chi connectivity index (χ1v) is 10.2. The fourth-order valence-corrected chi connectivity index (χ4v) is 5.49. The third-order valence-electron chi connectivity index (χ3n) is 5.10. The smallest absolute Gasteiger partial charge is 0.255 e. The Balaban J connectivity index is 1.83. The standard InChI is InChI=1S/C15H22N2O3S2/c1-10-6-7-17(13-5-3-2-4-12(10)13)15(18)11-8-14(21-9-11)22(16,19)20/h8-10,12-13H,2-7H2,1H3,(H2,16,19,20). The minimum absolute atomic E-state index is 0.0463. The zero-order valence-electron chi connectivity index (χ0n) is 12.7. The molecule has 0 aromatic carbocycles. The van der Waals surface area contributed by atoms with Gasteiger partial charge in [-0.25, -0.2) is 13.6 Å². The van der Waals surface area contributed by atoms with Crippen molar-refractivity contribution >= 4 is 27.3 Å². The van der Waals surface area contributed by atoms with Gasteiger partial charge in [0, 0.05) is 18.0 Å². The van der Waals surface area contributed by atoms with Gasteiger partial charge in [-0.1, -0.05) is 19.8 Å². The van der Waals surface area contributed by atoms with Gasteiger partial charge >= 0.3 is 0 Å². The van der Waals surface area contributed by atoms with Crippen molar-refractivity contribution in [1.29, 1.82) is 0 Å². The Morgan fingerprint density at radius 1 is 1.32 bits per heavy atom. The zero-order valence-corrected chi connectivity index (χ0v) is 14.3. The lowest BCUT2D eigenvalue weighted by Crippen LogP contribution is -2.52. The molecule has 3 rings (SSSR count). The molecule has 1 amide bonds. The van der Waals surface area contributed by atoms with Crippen LogP contribution in [0, 0.1) is 11.8 Å². The quantitative estimate of drug-likeness (QED) is 0.896. The van der Waals surface area contributed by atoms with Gasteiger partial charge in [0.2, 0.25) is 10.0 Å². The second kappa shape index (κ2) is 5.94. The molecule has 2 heterocycles. The number of carbonyl (C=O) groups excluding carboxylic acids is 1. The molecular weight excluding hydrogens is 320 g/mol. The maximum absolute atomic E-state index is 12.8. The average molecular weight is 342 g/mol. The highest BCUT2D eigenvalue weighted by Gasteiger charge is 2.39. The summed E-state index contributed by atoms with van der Waals surface area (Å²) in [5, 5.41) is 6.74. The van der Waals surface area contributed by atoms with Crippen molar-refractivity contribution in [3.05, 3.63) is 17.0 Å². The second-order valence-corrected chi connectivity index (χ2v) is 9.18. The van der Waals surface area contributed by atoms with Gasteiger partial charge < -0.3 is 4.90 Å². The van der Waals surface area contributed by atoms with Gasteiger partial charge in [0.25, 0.3) is 5.91 Å². The molecule has 1 aliphatic carbocycles. The predicted molar refractivity (Wildman–Crippen MR) is 86.3 cm³/mol.